The molecule has 0 aromatic rings. The van der Waals surface area contributed by atoms with Crippen molar-refractivity contribution in [2.24, 2.45) is 0 Å². The fourth-order valence-electron chi connectivity index (χ4n) is 0.823. The Morgan fingerprint density at radius 2 is 1.36 bits per heavy atom. The standard InChI is InChI=1S/C5H10O7S2/c1-4-5(10-4,11-13(2,6)7)12-14(3,8)9/h4H,1-3H3. The van der Waals surface area contributed by atoms with Crippen LogP contribution in [0.3, 0.4) is 0 Å². The number of hydrogen-bond acceptors (Lipinski definition) is 7. The summed E-state index contributed by atoms with van der Waals surface area (Å²) in [7, 11) is -7.68. The molecule has 1 aliphatic rings. The van der Waals surface area contributed by atoms with Gasteiger partial charge in [-0.2, -0.15) is 16.8 Å². The Balaban J connectivity index is 2.81. The van der Waals surface area contributed by atoms with Crippen molar-refractivity contribution >= 4 is 20.2 Å². The third-order valence-corrected chi connectivity index (χ3v) is 2.39. The molecule has 7 nitrogen and oxygen atoms in total. The van der Waals surface area contributed by atoms with Gasteiger partial charge in [-0.15, -0.1) is 0 Å². The van der Waals surface area contributed by atoms with Gasteiger partial charge >= 0.3 is 5.97 Å². The molecule has 0 N–H and O–H groups in total. The Morgan fingerprint density at radius 3 is 1.50 bits per heavy atom. The van der Waals surface area contributed by atoms with Crippen LogP contribution in [0, 0.1) is 0 Å². The summed E-state index contributed by atoms with van der Waals surface area (Å²) in [5, 5.41) is 0. The van der Waals surface area contributed by atoms with Crippen LogP contribution in [0.25, 0.3) is 0 Å². The zero-order valence-corrected chi connectivity index (χ0v) is 9.38. The summed E-state index contributed by atoms with van der Waals surface area (Å²) in [5.74, 6) is -2.00. The summed E-state index contributed by atoms with van der Waals surface area (Å²) in [6, 6.07) is 0. The highest BCUT2D eigenvalue weighted by Gasteiger charge is 2.62. The van der Waals surface area contributed by atoms with Crippen molar-refractivity contribution in [3.8, 4) is 0 Å². The van der Waals surface area contributed by atoms with Crippen LogP contribution in [0.2, 0.25) is 0 Å². The van der Waals surface area contributed by atoms with Crippen molar-refractivity contribution in [1.82, 2.24) is 0 Å². The van der Waals surface area contributed by atoms with Gasteiger partial charge in [0.05, 0.1) is 12.5 Å². The molecule has 0 aromatic heterocycles. The molecule has 0 aromatic carbocycles. The molecule has 1 heterocycles. The first kappa shape index (κ1) is 11.9. The van der Waals surface area contributed by atoms with Gasteiger partial charge in [0.15, 0.2) is 0 Å². The van der Waals surface area contributed by atoms with Gasteiger partial charge in [0.2, 0.25) is 0 Å². The highest BCUT2D eigenvalue weighted by Crippen LogP contribution is 2.40. The number of ether oxygens (including phenoxy) is 1. The van der Waals surface area contributed by atoms with Gasteiger partial charge in [-0.05, 0) is 6.92 Å². The first-order valence-corrected chi connectivity index (χ1v) is 7.16. The Bertz CT molecular complexity index is 385. The van der Waals surface area contributed by atoms with Crippen molar-refractivity contribution in [2.45, 2.75) is 19.0 Å². The van der Waals surface area contributed by atoms with E-state index in [4.69, 9.17) is 0 Å². The normalized spacial score (nSPS) is 26.1. The molecule has 1 atom stereocenters. The second-order valence-corrected chi connectivity index (χ2v) is 6.09. The fraction of sp³-hybridized carbons (Fsp3) is 1.00. The van der Waals surface area contributed by atoms with Gasteiger partial charge in [0, 0.05) is 0 Å². The molecular formula is C5H10O7S2. The lowest BCUT2D eigenvalue weighted by molar-refractivity contribution is -0.0963. The minimum Gasteiger partial charge on any atom is -0.312 e. The monoisotopic (exact) mass is 246 g/mol. The van der Waals surface area contributed by atoms with Gasteiger partial charge in [0.1, 0.15) is 6.10 Å². The molecule has 9 heteroatoms. The third kappa shape index (κ3) is 3.17. The van der Waals surface area contributed by atoms with Crippen molar-refractivity contribution in [1.29, 1.82) is 0 Å². The van der Waals surface area contributed by atoms with Crippen molar-refractivity contribution in [2.75, 3.05) is 12.5 Å². The molecule has 0 spiro atoms. The molecule has 1 aliphatic heterocycles. The van der Waals surface area contributed by atoms with E-state index in [1.54, 1.807) is 0 Å². The van der Waals surface area contributed by atoms with Crippen LogP contribution in [0.5, 0.6) is 0 Å². The van der Waals surface area contributed by atoms with E-state index >= 15 is 0 Å². The molecule has 84 valence electrons. The molecule has 1 unspecified atom stereocenters. The summed E-state index contributed by atoms with van der Waals surface area (Å²) in [6.45, 7) is 1.43. The number of hydrogen-bond donors (Lipinski definition) is 0. The Kier molecular flexibility index (Phi) is 2.66. The molecule has 0 bridgehead atoms. The Hall–Kier alpha value is -0.220. The maximum absolute atomic E-state index is 10.7. The van der Waals surface area contributed by atoms with Crippen LogP contribution in [-0.4, -0.2) is 41.4 Å². The molecule has 0 amide bonds. The minimum absolute atomic E-state index is 0.744. The molecule has 14 heavy (non-hydrogen) atoms. The van der Waals surface area contributed by atoms with E-state index in [9.17, 15) is 16.8 Å². The highest BCUT2D eigenvalue weighted by molar-refractivity contribution is 7.86. The van der Waals surface area contributed by atoms with Crippen molar-refractivity contribution < 1.29 is 29.9 Å². The van der Waals surface area contributed by atoms with Crippen LogP contribution >= 0.6 is 0 Å². The molecule has 1 saturated heterocycles. The van der Waals surface area contributed by atoms with Crippen LogP contribution < -0.4 is 0 Å². The van der Waals surface area contributed by atoms with Crippen LogP contribution in [-0.2, 0) is 33.3 Å². The molecule has 1 fully saturated rings. The SMILES string of the molecule is CC1OC1(OS(C)(=O)=O)OS(C)(=O)=O. The summed E-state index contributed by atoms with van der Waals surface area (Å²) in [5.41, 5.74) is 0. The zero-order chi connectivity index (χ0) is 11.2. The summed E-state index contributed by atoms with van der Waals surface area (Å²) in [6.07, 6.45) is 0.802. The van der Waals surface area contributed by atoms with Crippen LogP contribution in [0.4, 0.5) is 0 Å². The molecule has 1 rings (SSSR count). The second kappa shape index (κ2) is 3.14. The van der Waals surface area contributed by atoms with E-state index in [2.05, 4.69) is 13.1 Å². The maximum Gasteiger partial charge on any atom is 0.340 e. The van der Waals surface area contributed by atoms with E-state index in [-0.39, 0.29) is 0 Å². The van der Waals surface area contributed by atoms with Crippen LogP contribution in [0.15, 0.2) is 0 Å². The quantitative estimate of drug-likeness (QED) is 0.357. The average Bonchev–Trinajstić information content (AvgIpc) is 2.28. The Labute approximate surface area is 82.2 Å². The lowest BCUT2D eigenvalue weighted by Crippen LogP contribution is -2.29. The largest absolute Gasteiger partial charge is 0.340 e. The van der Waals surface area contributed by atoms with Gasteiger partial charge < -0.3 is 4.74 Å². The third-order valence-electron chi connectivity index (χ3n) is 1.32. The summed E-state index contributed by atoms with van der Waals surface area (Å²) in [4.78, 5) is 0. The fourth-order valence-corrected chi connectivity index (χ4v) is 2.13. The van der Waals surface area contributed by atoms with Gasteiger partial charge in [-0.1, -0.05) is 0 Å². The lowest BCUT2D eigenvalue weighted by atomic mass is 10.5. The highest BCUT2D eigenvalue weighted by atomic mass is 32.2. The zero-order valence-electron chi connectivity index (χ0n) is 7.75. The van der Waals surface area contributed by atoms with Crippen molar-refractivity contribution in [3.63, 3.8) is 0 Å². The molecule has 0 saturated carbocycles. The predicted molar refractivity (Wildman–Crippen MR) is 45.1 cm³/mol. The smallest absolute Gasteiger partial charge is 0.312 e. The second-order valence-electron chi connectivity index (χ2n) is 2.94. The first-order valence-electron chi connectivity index (χ1n) is 3.53. The first-order chi connectivity index (χ1) is 6.04. The Morgan fingerprint density at radius 1 is 1.07 bits per heavy atom. The van der Waals surface area contributed by atoms with Crippen molar-refractivity contribution in [3.05, 3.63) is 0 Å². The lowest BCUT2D eigenvalue weighted by Gasteiger charge is -2.10. The average molecular weight is 246 g/mol. The van der Waals surface area contributed by atoms with E-state index in [1.807, 2.05) is 0 Å². The number of epoxide rings is 1. The molecular weight excluding hydrogens is 236 g/mol. The van der Waals surface area contributed by atoms with Gasteiger partial charge in [-0.25, -0.2) is 8.37 Å². The van der Waals surface area contributed by atoms with E-state index in [0.29, 0.717) is 0 Å². The molecule has 0 radical (unpaired) electrons. The topological polar surface area (TPSA) is 99.3 Å². The predicted octanol–water partition coefficient (Wildman–Crippen LogP) is -0.989. The van der Waals surface area contributed by atoms with Crippen LogP contribution in [0.1, 0.15) is 6.92 Å². The molecule has 0 aliphatic carbocycles. The number of rotatable bonds is 4. The van der Waals surface area contributed by atoms with E-state index in [0.717, 1.165) is 12.5 Å². The summed E-state index contributed by atoms with van der Waals surface area (Å²) >= 11 is 0. The van der Waals surface area contributed by atoms with Gasteiger partial charge in [0.25, 0.3) is 20.2 Å². The maximum atomic E-state index is 10.7. The van der Waals surface area contributed by atoms with Gasteiger partial charge in [-0.3, -0.25) is 0 Å². The minimum atomic E-state index is -3.84. The summed E-state index contributed by atoms with van der Waals surface area (Å²) < 4.78 is 56.4. The van der Waals surface area contributed by atoms with E-state index < -0.39 is 32.3 Å². The van der Waals surface area contributed by atoms with E-state index in [1.165, 1.54) is 6.92 Å².